The molecule has 0 heterocycles. The Kier molecular flexibility index (Phi) is 6.34. The lowest BCUT2D eigenvalue weighted by molar-refractivity contribution is 0.357. The molecule has 1 aromatic carbocycles. The quantitative estimate of drug-likeness (QED) is 0.835. The van der Waals surface area contributed by atoms with Crippen molar-refractivity contribution in [1.29, 1.82) is 0 Å². The maximum absolute atomic E-state index is 5.45. The van der Waals surface area contributed by atoms with Crippen LogP contribution in [-0.2, 0) is 6.42 Å². The summed E-state index contributed by atoms with van der Waals surface area (Å²) >= 11 is 3.54. The van der Waals surface area contributed by atoms with Gasteiger partial charge in [-0.15, -0.1) is 0 Å². The molecule has 1 aromatic rings. The van der Waals surface area contributed by atoms with Crippen LogP contribution in [0.25, 0.3) is 0 Å². The van der Waals surface area contributed by atoms with Crippen molar-refractivity contribution in [2.45, 2.75) is 46.1 Å². The summed E-state index contributed by atoms with van der Waals surface area (Å²) in [5, 5.41) is 3.59. The largest absolute Gasteiger partial charge is 0.496 e. The summed E-state index contributed by atoms with van der Waals surface area (Å²) in [5.74, 6) is 1.61. The molecule has 0 amide bonds. The Morgan fingerprint density at radius 2 is 2.00 bits per heavy atom. The van der Waals surface area contributed by atoms with E-state index in [0.717, 1.165) is 23.2 Å². The van der Waals surface area contributed by atoms with E-state index in [0.29, 0.717) is 5.92 Å². The van der Waals surface area contributed by atoms with E-state index in [1.807, 2.05) is 12.1 Å². The summed E-state index contributed by atoms with van der Waals surface area (Å²) in [5.41, 5.74) is 1.45. The van der Waals surface area contributed by atoms with Crippen molar-refractivity contribution in [2.24, 2.45) is 5.92 Å². The minimum Gasteiger partial charge on any atom is -0.496 e. The van der Waals surface area contributed by atoms with Crippen LogP contribution in [0.2, 0.25) is 0 Å². The van der Waals surface area contributed by atoms with Crippen LogP contribution >= 0.6 is 15.9 Å². The van der Waals surface area contributed by atoms with Crippen molar-refractivity contribution in [3.8, 4) is 5.75 Å². The number of rotatable bonds is 6. The summed E-state index contributed by atoms with van der Waals surface area (Å²) in [6, 6.07) is 6.22. The first-order valence-corrected chi connectivity index (χ1v) is 7.72. The second-order valence-electron chi connectivity index (χ2n) is 6.07. The smallest absolute Gasteiger partial charge is 0.122 e. The SMILES string of the molecule is CCC(CNC(C)(C)C)Cc1cc(Br)ccc1OC. The van der Waals surface area contributed by atoms with Crippen molar-refractivity contribution in [3.63, 3.8) is 0 Å². The molecule has 0 spiro atoms. The van der Waals surface area contributed by atoms with Gasteiger partial charge in [0.1, 0.15) is 5.75 Å². The van der Waals surface area contributed by atoms with Gasteiger partial charge in [-0.2, -0.15) is 0 Å². The number of hydrogen-bond acceptors (Lipinski definition) is 2. The van der Waals surface area contributed by atoms with E-state index < -0.39 is 0 Å². The third kappa shape index (κ3) is 5.96. The zero-order valence-corrected chi connectivity index (χ0v) is 14.3. The van der Waals surface area contributed by atoms with Gasteiger partial charge < -0.3 is 10.1 Å². The van der Waals surface area contributed by atoms with E-state index in [4.69, 9.17) is 4.74 Å². The van der Waals surface area contributed by atoms with E-state index in [1.165, 1.54) is 12.0 Å². The zero-order chi connectivity index (χ0) is 14.5. The van der Waals surface area contributed by atoms with Crippen LogP contribution in [-0.4, -0.2) is 19.2 Å². The Labute approximate surface area is 126 Å². The predicted octanol–water partition coefficient (Wildman–Crippen LogP) is 4.41. The van der Waals surface area contributed by atoms with E-state index in [9.17, 15) is 0 Å². The van der Waals surface area contributed by atoms with E-state index in [1.54, 1.807) is 7.11 Å². The fraction of sp³-hybridized carbons (Fsp3) is 0.625. The Balaban J connectivity index is 2.72. The molecular weight excluding hydrogens is 302 g/mol. The first kappa shape index (κ1) is 16.5. The molecule has 0 aliphatic rings. The summed E-state index contributed by atoms with van der Waals surface area (Å²) < 4.78 is 6.56. The Bertz CT molecular complexity index is 398. The van der Waals surface area contributed by atoms with Gasteiger partial charge >= 0.3 is 0 Å². The molecule has 3 heteroatoms. The zero-order valence-electron chi connectivity index (χ0n) is 12.7. The highest BCUT2D eigenvalue weighted by atomic mass is 79.9. The molecule has 0 bridgehead atoms. The monoisotopic (exact) mass is 327 g/mol. The molecule has 0 saturated heterocycles. The summed E-state index contributed by atoms with van der Waals surface area (Å²) in [7, 11) is 1.74. The second-order valence-corrected chi connectivity index (χ2v) is 6.98. The minimum absolute atomic E-state index is 0.175. The highest BCUT2D eigenvalue weighted by molar-refractivity contribution is 9.10. The predicted molar refractivity (Wildman–Crippen MR) is 85.9 cm³/mol. The molecule has 1 rings (SSSR count). The molecule has 1 N–H and O–H groups in total. The van der Waals surface area contributed by atoms with E-state index in [2.05, 4.69) is 55.0 Å². The standard InChI is InChI=1S/C16H26BrNO/c1-6-12(11-18-16(2,3)4)9-13-10-14(17)7-8-15(13)19-5/h7-8,10,12,18H,6,9,11H2,1-5H3. The van der Waals surface area contributed by atoms with Crippen LogP contribution in [0.5, 0.6) is 5.75 Å². The molecule has 0 aliphatic carbocycles. The Morgan fingerprint density at radius 3 is 2.53 bits per heavy atom. The van der Waals surface area contributed by atoms with Gasteiger partial charge in [-0.25, -0.2) is 0 Å². The minimum atomic E-state index is 0.175. The molecule has 108 valence electrons. The van der Waals surface area contributed by atoms with Gasteiger partial charge in [0.05, 0.1) is 7.11 Å². The first-order valence-electron chi connectivity index (χ1n) is 6.93. The van der Waals surface area contributed by atoms with Gasteiger partial charge in [0.2, 0.25) is 0 Å². The van der Waals surface area contributed by atoms with Crippen LogP contribution in [0, 0.1) is 5.92 Å². The number of hydrogen-bond donors (Lipinski definition) is 1. The maximum Gasteiger partial charge on any atom is 0.122 e. The van der Waals surface area contributed by atoms with Crippen molar-refractivity contribution >= 4 is 15.9 Å². The molecule has 0 saturated carbocycles. The third-order valence-corrected chi connectivity index (χ3v) is 3.74. The fourth-order valence-electron chi connectivity index (χ4n) is 2.03. The summed E-state index contributed by atoms with van der Waals surface area (Å²) in [6.45, 7) is 9.91. The fourth-order valence-corrected chi connectivity index (χ4v) is 2.44. The van der Waals surface area contributed by atoms with Crippen molar-refractivity contribution in [3.05, 3.63) is 28.2 Å². The van der Waals surface area contributed by atoms with Crippen molar-refractivity contribution in [2.75, 3.05) is 13.7 Å². The molecule has 0 aliphatic heterocycles. The van der Waals surface area contributed by atoms with Crippen molar-refractivity contribution < 1.29 is 4.74 Å². The molecule has 19 heavy (non-hydrogen) atoms. The van der Waals surface area contributed by atoms with Gasteiger partial charge in [-0.3, -0.25) is 0 Å². The van der Waals surface area contributed by atoms with Crippen LogP contribution in [0.15, 0.2) is 22.7 Å². The molecular formula is C16H26BrNO. The molecule has 1 atom stereocenters. The van der Waals surface area contributed by atoms with Gasteiger partial charge in [0.15, 0.2) is 0 Å². The van der Waals surface area contributed by atoms with Crippen LogP contribution < -0.4 is 10.1 Å². The highest BCUT2D eigenvalue weighted by Gasteiger charge is 2.15. The normalized spacial score (nSPS) is 13.4. The second kappa shape index (κ2) is 7.30. The van der Waals surface area contributed by atoms with Gasteiger partial charge in [-0.05, 0) is 63.4 Å². The van der Waals surface area contributed by atoms with E-state index >= 15 is 0 Å². The lowest BCUT2D eigenvalue weighted by atomic mass is 9.95. The van der Waals surface area contributed by atoms with E-state index in [-0.39, 0.29) is 5.54 Å². The lowest BCUT2D eigenvalue weighted by Gasteiger charge is -2.25. The molecule has 1 unspecified atom stereocenters. The van der Waals surface area contributed by atoms with Crippen molar-refractivity contribution in [1.82, 2.24) is 5.32 Å². The summed E-state index contributed by atoms with van der Waals surface area (Å²) in [6.07, 6.45) is 2.21. The Hall–Kier alpha value is -0.540. The number of nitrogens with one attached hydrogen (secondary N) is 1. The average molecular weight is 328 g/mol. The Morgan fingerprint density at radius 1 is 1.32 bits per heavy atom. The highest BCUT2D eigenvalue weighted by Crippen LogP contribution is 2.26. The molecule has 2 nitrogen and oxygen atoms in total. The van der Waals surface area contributed by atoms with Gasteiger partial charge in [0, 0.05) is 10.0 Å². The number of halogens is 1. The summed E-state index contributed by atoms with van der Waals surface area (Å²) in [4.78, 5) is 0. The van der Waals surface area contributed by atoms with Gasteiger partial charge in [-0.1, -0.05) is 29.3 Å². The molecule has 0 fully saturated rings. The first-order chi connectivity index (χ1) is 8.85. The molecule has 0 aromatic heterocycles. The number of methoxy groups -OCH3 is 1. The number of ether oxygens (including phenoxy) is 1. The van der Waals surface area contributed by atoms with Crippen LogP contribution in [0.3, 0.4) is 0 Å². The average Bonchev–Trinajstić information content (AvgIpc) is 2.33. The molecule has 0 radical (unpaired) electrons. The topological polar surface area (TPSA) is 21.3 Å². The third-order valence-electron chi connectivity index (χ3n) is 3.25. The lowest BCUT2D eigenvalue weighted by Crippen LogP contribution is -2.39. The van der Waals surface area contributed by atoms with Gasteiger partial charge in [0.25, 0.3) is 0 Å². The maximum atomic E-state index is 5.45. The van der Waals surface area contributed by atoms with Crippen LogP contribution in [0.4, 0.5) is 0 Å². The van der Waals surface area contributed by atoms with Crippen LogP contribution in [0.1, 0.15) is 39.7 Å². The number of benzene rings is 1.